The van der Waals surface area contributed by atoms with Crippen molar-refractivity contribution in [2.75, 3.05) is 19.8 Å². The normalized spacial score (nSPS) is 42.4. The second kappa shape index (κ2) is 13.1. The smallest absolute Gasteiger partial charge is 0.310 e. The summed E-state index contributed by atoms with van der Waals surface area (Å²) in [6.45, 7) is 29.4. The van der Waals surface area contributed by atoms with E-state index in [4.69, 9.17) is 14.2 Å². The lowest BCUT2D eigenvalue weighted by atomic mass is 9.34. The summed E-state index contributed by atoms with van der Waals surface area (Å²) in [6, 6.07) is 10.2. The van der Waals surface area contributed by atoms with E-state index in [0.717, 1.165) is 63.9 Å². The molecule has 4 nitrogen and oxygen atoms in total. The SMILES string of the molecule is CCC(C)(CC)CO[C@H]1[C@H](C)C[C@@]23COC[C@]1(C)[C@@H]2CC[C@H]1C3=CC[C@@]2(C)[C@H](C(=O)OCc3ccccc3)[C@@](C)([C@H](C)C(C)C)CC[C@]12C. The molecule has 1 aromatic carbocycles. The molecule has 0 N–H and O–H groups in total. The van der Waals surface area contributed by atoms with Crippen molar-refractivity contribution in [2.45, 2.75) is 140 Å². The number of rotatable bonds is 10. The summed E-state index contributed by atoms with van der Waals surface area (Å²) in [6.07, 6.45) is 11.9. The Bertz CT molecular complexity index is 1380. The van der Waals surface area contributed by atoms with Gasteiger partial charge in [0.05, 0.1) is 31.8 Å². The zero-order valence-electron chi connectivity index (χ0n) is 33.1. The Hall–Kier alpha value is -1.65. The Kier molecular flexibility index (Phi) is 9.91. The Morgan fingerprint density at radius 2 is 1.67 bits per heavy atom. The van der Waals surface area contributed by atoms with Crippen molar-refractivity contribution in [3.63, 3.8) is 0 Å². The molecule has 1 heterocycles. The Morgan fingerprint density at radius 1 is 0.980 bits per heavy atom. The fourth-order valence-electron chi connectivity index (χ4n) is 12.9. The predicted molar refractivity (Wildman–Crippen MR) is 200 cm³/mol. The van der Waals surface area contributed by atoms with Gasteiger partial charge in [-0.25, -0.2) is 0 Å². The first-order chi connectivity index (χ1) is 23.0. The third kappa shape index (κ3) is 5.62. The van der Waals surface area contributed by atoms with Crippen molar-refractivity contribution in [3.8, 4) is 0 Å². The van der Waals surface area contributed by atoms with Gasteiger partial charge in [0.25, 0.3) is 0 Å². The zero-order chi connectivity index (χ0) is 35.6. The molecule has 1 saturated heterocycles. The monoisotopic (exact) mass is 675 g/mol. The van der Waals surface area contributed by atoms with Gasteiger partial charge in [-0.15, -0.1) is 0 Å². The number of fused-ring (bicyclic) bond motifs is 3. The molecule has 3 saturated carbocycles. The molecule has 4 fully saturated rings. The quantitative estimate of drug-likeness (QED) is 0.183. The van der Waals surface area contributed by atoms with Gasteiger partial charge in [-0.05, 0) is 108 Å². The molecule has 0 radical (unpaired) electrons. The maximum atomic E-state index is 14.7. The van der Waals surface area contributed by atoms with E-state index in [9.17, 15) is 4.79 Å². The maximum absolute atomic E-state index is 14.7. The lowest BCUT2D eigenvalue weighted by molar-refractivity contribution is -0.254. The summed E-state index contributed by atoms with van der Waals surface area (Å²) >= 11 is 0. The van der Waals surface area contributed by atoms with E-state index < -0.39 is 0 Å². The van der Waals surface area contributed by atoms with Gasteiger partial charge in [0, 0.05) is 10.8 Å². The zero-order valence-corrected chi connectivity index (χ0v) is 33.1. The fraction of sp³-hybridized carbons (Fsp3) is 0.800. The van der Waals surface area contributed by atoms with Crippen molar-refractivity contribution < 1.29 is 19.0 Å². The summed E-state index contributed by atoms with van der Waals surface area (Å²) in [7, 11) is 0. The third-order valence-corrected chi connectivity index (χ3v) is 16.9. The minimum atomic E-state index is -0.190. The van der Waals surface area contributed by atoms with Crippen LogP contribution in [-0.2, 0) is 25.6 Å². The van der Waals surface area contributed by atoms with Gasteiger partial charge < -0.3 is 14.2 Å². The number of carbonyl (C=O) groups is 1. The summed E-state index contributed by atoms with van der Waals surface area (Å²) in [5.41, 5.74) is 2.74. The molecule has 0 unspecified atom stereocenters. The molecule has 4 aliphatic carbocycles. The Morgan fingerprint density at radius 3 is 2.33 bits per heavy atom. The first kappa shape index (κ1) is 37.1. The lowest BCUT2D eigenvalue weighted by Gasteiger charge is -2.71. The predicted octanol–water partition coefficient (Wildman–Crippen LogP) is 11.1. The number of hydrogen-bond acceptors (Lipinski definition) is 4. The standard InChI is InChI=1S/C45H70O4/c1-12-40(7,13-2)27-49-38-31(5)25-45-29-47-28-42(38,9)36(45)20-19-34-35(45)21-22-44(11)37(39(46)48-26-33-17-15-14-16-18-33)41(8,32(6)30(3)4)23-24-43(34,44)10/h14-18,21,30-32,34,36-38H,12-13,19-20,22-29H2,1-11H3/t31-,32-,34+,36+,37-,38+,41-,42-,43-,44+,45+/m1/s1. The van der Waals surface area contributed by atoms with E-state index in [0.29, 0.717) is 36.2 Å². The molecular formula is C45H70O4. The number of esters is 1. The van der Waals surface area contributed by atoms with Gasteiger partial charge in [0.15, 0.2) is 0 Å². The number of hydrogen-bond donors (Lipinski definition) is 0. The van der Waals surface area contributed by atoms with Gasteiger partial charge in [0.2, 0.25) is 0 Å². The van der Waals surface area contributed by atoms with Crippen LogP contribution in [0.4, 0.5) is 0 Å². The van der Waals surface area contributed by atoms with Gasteiger partial charge >= 0.3 is 5.97 Å². The minimum absolute atomic E-state index is 0.00733. The van der Waals surface area contributed by atoms with Crippen LogP contribution >= 0.6 is 0 Å². The van der Waals surface area contributed by atoms with Crippen LogP contribution in [0.3, 0.4) is 0 Å². The number of allylic oxidation sites excluding steroid dienone is 1. The van der Waals surface area contributed by atoms with Crippen molar-refractivity contribution >= 4 is 5.97 Å². The largest absolute Gasteiger partial charge is 0.461 e. The van der Waals surface area contributed by atoms with Crippen LogP contribution in [0, 0.1) is 68.0 Å². The van der Waals surface area contributed by atoms with Crippen LogP contribution < -0.4 is 0 Å². The van der Waals surface area contributed by atoms with Crippen LogP contribution in [0.2, 0.25) is 0 Å². The highest BCUT2D eigenvalue weighted by Gasteiger charge is 2.71. The van der Waals surface area contributed by atoms with Crippen molar-refractivity contribution in [2.24, 2.45) is 68.0 Å². The van der Waals surface area contributed by atoms with Gasteiger partial charge in [0.1, 0.15) is 6.61 Å². The van der Waals surface area contributed by atoms with E-state index in [1.165, 1.54) is 12.8 Å². The van der Waals surface area contributed by atoms with Gasteiger partial charge in [-0.2, -0.15) is 0 Å². The first-order valence-corrected chi connectivity index (χ1v) is 20.2. The van der Waals surface area contributed by atoms with Crippen LogP contribution in [0.15, 0.2) is 42.0 Å². The average Bonchev–Trinajstić information content (AvgIpc) is 3.07. The molecule has 1 aliphatic heterocycles. The summed E-state index contributed by atoms with van der Waals surface area (Å²) in [5, 5.41) is 0. The average molecular weight is 675 g/mol. The highest BCUT2D eigenvalue weighted by atomic mass is 16.5. The van der Waals surface area contributed by atoms with Gasteiger partial charge in [-0.1, -0.05) is 118 Å². The van der Waals surface area contributed by atoms with E-state index in [2.05, 4.69) is 94.4 Å². The molecule has 0 amide bonds. The van der Waals surface area contributed by atoms with E-state index >= 15 is 0 Å². The van der Waals surface area contributed by atoms with E-state index in [1.54, 1.807) is 5.57 Å². The summed E-state index contributed by atoms with van der Waals surface area (Å²) < 4.78 is 20.1. The Balaban J connectivity index is 1.36. The number of ether oxygens (including phenoxy) is 3. The third-order valence-electron chi connectivity index (χ3n) is 16.9. The number of carbonyl (C=O) groups excluding carboxylic acids is 1. The molecule has 6 rings (SSSR count). The molecule has 274 valence electrons. The second-order valence-corrected chi connectivity index (χ2v) is 19.5. The van der Waals surface area contributed by atoms with Crippen molar-refractivity contribution in [1.29, 1.82) is 0 Å². The van der Waals surface area contributed by atoms with E-state index in [-0.39, 0.29) is 50.5 Å². The minimum Gasteiger partial charge on any atom is -0.461 e. The molecule has 0 spiro atoms. The summed E-state index contributed by atoms with van der Waals surface area (Å²) in [5.74, 6) is 2.28. The molecule has 0 aromatic heterocycles. The first-order valence-electron chi connectivity index (χ1n) is 20.2. The molecule has 4 heteroatoms. The highest BCUT2D eigenvalue weighted by molar-refractivity contribution is 5.75. The molecule has 49 heavy (non-hydrogen) atoms. The van der Waals surface area contributed by atoms with Crippen LogP contribution in [0.5, 0.6) is 0 Å². The van der Waals surface area contributed by atoms with Gasteiger partial charge in [-0.3, -0.25) is 4.79 Å². The number of benzene rings is 1. The lowest BCUT2D eigenvalue weighted by Crippen LogP contribution is -2.69. The second-order valence-electron chi connectivity index (χ2n) is 19.5. The maximum Gasteiger partial charge on any atom is 0.310 e. The molecular weight excluding hydrogens is 604 g/mol. The molecule has 2 bridgehead atoms. The van der Waals surface area contributed by atoms with Crippen LogP contribution in [0.25, 0.3) is 0 Å². The highest BCUT2D eigenvalue weighted by Crippen LogP contribution is 2.75. The van der Waals surface area contributed by atoms with E-state index in [1.807, 2.05) is 18.2 Å². The van der Waals surface area contributed by atoms with Crippen LogP contribution in [-0.4, -0.2) is 31.9 Å². The molecule has 1 aromatic rings. The van der Waals surface area contributed by atoms with Crippen molar-refractivity contribution in [1.82, 2.24) is 0 Å². The molecule has 5 aliphatic rings. The van der Waals surface area contributed by atoms with Crippen molar-refractivity contribution in [3.05, 3.63) is 47.5 Å². The Labute approximate surface area is 299 Å². The fourth-order valence-corrected chi connectivity index (χ4v) is 12.9. The molecule has 11 atom stereocenters. The summed E-state index contributed by atoms with van der Waals surface area (Å²) in [4.78, 5) is 14.7. The van der Waals surface area contributed by atoms with Crippen LogP contribution in [0.1, 0.15) is 133 Å². The topological polar surface area (TPSA) is 44.8 Å².